The summed E-state index contributed by atoms with van der Waals surface area (Å²) >= 11 is 0. The van der Waals surface area contributed by atoms with Crippen LogP contribution in [0.1, 0.15) is 53.4 Å². The van der Waals surface area contributed by atoms with Crippen LogP contribution in [0.2, 0.25) is 0 Å². The molecule has 4 fully saturated rings. The number of hydrogen-bond donors (Lipinski definition) is 0. The zero-order valence-electron chi connectivity index (χ0n) is 18.4. The monoisotopic (exact) mass is 376 g/mol. The van der Waals surface area contributed by atoms with Crippen molar-refractivity contribution in [2.45, 2.75) is 71.5 Å². The van der Waals surface area contributed by atoms with Gasteiger partial charge in [-0.1, -0.05) is 13.8 Å². The molecular formula is C23H44N4. The molecule has 0 amide bonds. The number of likely N-dealkylation sites (tertiary alicyclic amines) is 4. The van der Waals surface area contributed by atoms with Gasteiger partial charge in [-0.3, -0.25) is 14.7 Å². The van der Waals surface area contributed by atoms with Gasteiger partial charge >= 0.3 is 0 Å². The first kappa shape index (κ1) is 20.1. The summed E-state index contributed by atoms with van der Waals surface area (Å²) in [5.74, 6) is 2.81. The van der Waals surface area contributed by atoms with Crippen molar-refractivity contribution in [3.8, 4) is 0 Å². The Morgan fingerprint density at radius 2 is 1.30 bits per heavy atom. The predicted molar refractivity (Wildman–Crippen MR) is 114 cm³/mol. The van der Waals surface area contributed by atoms with Crippen LogP contribution in [-0.2, 0) is 0 Å². The minimum absolute atomic E-state index is 0.731. The molecule has 156 valence electrons. The fourth-order valence-electron chi connectivity index (χ4n) is 5.91. The largest absolute Gasteiger partial charge is 0.301 e. The second kappa shape index (κ2) is 8.69. The number of nitrogens with zero attached hydrogens (tertiary/aromatic N) is 4. The molecule has 4 heteroatoms. The third kappa shape index (κ3) is 4.71. The molecule has 0 spiro atoms. The summed E-state index contributed by atoms with van der Waals surface area (Å²) in [5, 5.41) is 0. The van der Waals surface area contributed by atoms with Gasteiger partial charge in [0.05, 0.1) is 0 Å². The molecule has 4 heterocycles. The topological polar surface area (TPSA) is 13.0 Å². The Hall–Kier alpha value is -0.160. The van der Waals surface area contributed by atoms with Crippen LogP contribution >= 0.6 is 0 Å². The van der Waals surface area contributed by atoms with Crippen LogP contribution in [0.25, 0.3) is 0 Å². The molecule has 0 saturated carbocycles. The van der Waals surface area contributed by atoms with Crippen LogP contribution < -0.4 is 0 Å². The summed E-state index contributed by atoms with van der Waals surface area (Å²) in [4.78, 5) is 11.0. The van der Waals surface area contributed by atoms with E-state index in [2.05, 4.69) is 47.3 Å². The van der Waals surface area contributed by atoms with Crippen LogP contribution in [0, 0.1) is 17.8 Å². The van der Waals surface area contributed by atoms with Crippen LogP contribution in [-0.4, -0.2) is 96.6 Å². The molecule has 4 aliphatic rings. The molecule has 4 aliphatic heterocycles. The molecule has 4 nitrogen and oxygen atoms in total. The van der Waals surface area contributed by atoms with E-state index in [1.54, 1.807) is 0 Å². The Bertz CT molecular complexity index is 451. The van der Waals surface area contributed by atoms with Gasteiger partial charge in [0.25, 0.3) is 0 Å². The van der Waals surface area contributed by atoms with Gasteiger partial charge in [0, 0.05) is 50.8 Å². The third-order valence-electron chi connectivity index (χ3n) is 8.27. The predicted octanol–water partition coefficient (Wildman–Crippen LogP) is 2.84. The Labute approximate surface area is 168 Å². The molecule has 0 radical (unpaired) electrons. The van der Waals surface area contributed by atoms with Gasteiger partial charge in [0.15, 0.2) is 0 Å². The lowest BCUT2D eigenvalue weighted by atomic mass is 9.85. The summed E-state index contributed by atoms with van der Waals surface area (Å²) in [7, 11) is 0. The number of rotatable bonds is 6. The summed E-state index contributed by atoms with van der Waals surface area (Å²) in [6.45, 7) is 21.6. The maximum Gasteiger partial charge on any atom is 0.0351 e. The van der Waals surface area contributed by atoms with E-state index >= 15 is 0 Å². The van der Waals surface area contributed by atoms with E-state index in [1.165, 1.54) is 84.6 Å². The van der Waals surface area contributed by atoms with Crippen molar-refractivity contribution in [1.29, 1.82) is 0 Å². The fourth-order valence-corrected chi connectivity index (χ4v) is 5.91. The van der Waals surface area contributed by atoms with Crippen molar-refractivity contribution < 1.29 is 0 Å². The number of piperidine rings is 2. The summed E-state index contributed by atoms with van der Waals surface area (Å²) in [6, 6.07) is 2.47. The first-order valence-corrected chi connectivity index (χ1v) is 11.9. The minimum Gasteiger partial charge on any atom is -0.301 e. The van der Waals surface area contributed by atoms with E-state index in [4.69, 9.17) is 0 Å². The first-order valence-electron chi connectivity index (χ1n) is 11.9. The van der Waals surface area contributed by atoms with Crippen LogP contribution in [0.15, 0.2) is 0 Å². The van der Waals surface area contributed by atoms with E-state index < -0.39 is 0 Å². The Balaban J connectivity index is 1.09. The van der Waals surface area contributed by atoms with Gasteiger partial charge in [-0.2, -0.15) is 0 Å². The molecule has 0 aromatic heterocycles. The molecule has 4 rings (SSSR count). The molecule has 0 aromatic rings. The first-order chi connectivity index (χ1) is 13.0. The SMILES string of the molecule is CC(C)C1CCN(C2CN(C3CN(CC4CCN(C(C)C)CC4)C3)C2)CC1. The normalized spacial score (nSPS) is 29.6. The van der Waals surface area contributed by atoms with Gasteiger partial charge in [0.2, 0.25) is 0 Å². The lowest BCUT2D eigenvalue weighted by molar-refractivity contribution is -0.0635. The summed E-state index contributed by atoms with van der Waals surface area (Å²) in [6.07, 6.45) is 5.69. The average Bonchev–Trinajstić information content (AvgIpc) is 2.59. The second-order valence-electron chi connectivity index (χ2n) is 10.7. The van der Waals surface area contributed by atoms with E-state index in [-0.39, 0.29) is 0 Å². The van der Waals surface area contributed by atoms with Crippen LogP contribution in [0.5, 0.6) is 0 Å². The third-order valence-corrected chi connectivity index (χ3v) is 8.27. The summed E-state index contributed by atoms with van der Waals surface area (Å²) < 4.78 is 0. The lowest BCUT2D eigenvalue weighted by Gasteiger charge is -2.55. The lowest BCUT2D eigenvalue weighted by Crippen LogP contribution is -2.70. The molecule has 0 atom stereocenters. The Morgan fingerprint density at radius 3 is 1.85 bits per heavy atom. The second-order valence-corrected chi connectivity index (χ2v) is 10.7. The van der Waals surface area contributed by atoms with Crippen molar-refractivity contribution in [1.82, 2.24) is 19.6 Å². The highest BCUT2D eigenvalue weighted by atomic mass is 15.4. The van der Waals surface area contributed by atoms with Gasteiger partial charge in [-0.15, -0.1) is 0 Å². The standard InChI is InChI=1S/C23H44N4/c1-18(2)21-7-11-26(12-8-21)23-16-27(17-23)22-14-24(15-22)13-20-5-9-25(10-6-20)19(3)4/h18-23H,5-17H2,1-4H3. The molecular weight excluding hydrogens is 332 g/mol. The van der Waals surface area contributed by atoms with Crippen LogP contribution in [0.4, 0.5) is 0 Å². The fraction of sp³-hybridized carbons (Fsp3) is 1.00. The highest BCUT2D eigenvalue weighted by Crippen LogP contribution is 2.30. The van der Waals surface area contributed by atoms with Crippen molar-refractivity contribution in [2.75, 3.05) is 58.9 Å². The summed E-state index contributed by atoms with van der Waals surface area (Å²) in [5.41, 5.74) is 0. The van der Waals surface area contributed by atoms with Crippen molar-refractivity contribution >= 4 is 0 Å². The molecule has 0 aromatic carbocycles. The average molecular weight is 377 g/mol. The highest BCUT2D eigenvalue weighted by Gasteiger charge is 2.42. The van der Waals surface area contributed by atoms with Gasteiger partial charge in [-0.25, -0.2) is 0 Å². The van der Waals surface area contributed by atoms with Crippen molar-refractivity contribution in [3.63, 3.8) is 0 Å². The number of hydrogen-bond acceptors (Lipinski definition) is 4. The van der Waals surface area contributed by atoms with E-state index in [0.717, 1.165) is 35.9 Å². The van der Waals surface area contributed by atoms with Gasteiger partial charge in [0.1, 0.15) is 0 Å². The zero-order valence-corrected chi connectivity index (χ0v) is 18.4. The molecule has 4 saturated heterocycles. The molecule has 27 heavy (non-hydrogen) atoms. The van der Waals surface area contributed by atoms with Crippen molar-refractivity contribution in [2.24, 2.45) is 17.8 Å². The minimum atomic E-state index is 0.731. The molecule has 0 bridgehead atoms. The Kier molecular flexibility index (Phi) is 6.48. The van der Waals surface area contributed by atoms with E-state index in [1.807, 2.05) is 0 Å². The smallest absolute Gasteiger partial charge is 0.0351 e. The molecule has 0 N–H and O–H groups in total. The quantitative estimate of drug-likeness (QED) is 0.707. The van der Waals surface area contributed by atoms with Crippen molar-refractivity contribution in [3.05, 3.63) is 0 Å². The van der Waals surface area contributed by atoms with Gasteiger partial charge < -0.3 is 4.90 Å². The van der Waals surface area contributed by atoms with E-state index in [0.29, 0.717) is 0 Å². The highest BCUT2D eigenvalue weighted by molar-refractivity contribution is 4.99. The molecule has 0 unspecified atom stereocenters. The van der Waals surface area contributed by atoms with Crippen LogP contribution in [0.3, 0.4) is 0 Å². The zero-order chi connectivity index (χ0) is 19.0. The van der Waals surface area contributed by atoms with E-state index in [9.17, 15) is 0 Å². The molecule has 0 aliphatic carbocycles. The van der Waals surface area contributed by atoms with Gasteiger partial charge in [-0.05, 0) is 83.5 Å². The maximum atomic E-state index is 2.80. The Morgan fingerprint density at radius 1 is 0.704 bits per heavy atom. The maximum absolute atomic E-state index is 2.80.